The third-order valence-corrected chi connectivity index (χ3v) is 2.72. The van der Waals surface area contributed by atoms with Gasteiger partial charge >= 0.3 is 48.9 Å². The molecular weight excluding hydrogens is 289 g/mol. The maximum atomic E-state index is 10.1. The summed E-state index contributed by atoms with van der Waals surface area (Å²) in [6.07, 6.45) is 8.83. The number of carboxylic acids is 1. The van der Waals surface area contributed by atoms with Crippen LogP contribution in [0.2, 0.25) is 0 Å². The molecule has 0 aromatic carbocycles. The standard InChI is InChI=1S/C10H18O2.Ba/c11-10(12)8-4-7-9-5-2-1-3-6-9;/h9H,1-8H2,(H,11,12);/q;+2/p-1. The van der Waals surface area contributed by atoms with E-state index >= 15 is 0 Å². The first kappa shape index (κ1) is 14.0. The van der Waals surface area contributed by atoms with Crippen molar-refractivity contribution >= 4 is 54.9 Å². The summed E-state index contributed by atoms with van der Waals surface area (Å²) in [6.45, 7) is 0. The molecule has 0 heterocycles. The average molecular weight is 307 g/mol. The summed E-state index contributed by atoms with van der Waals surface area (Å²) in [7, 11) is 0. The molecule has 0 amide bonds. The van der Waals surface area contributed by atoms with Gasteiger partial charge in [0.1, 0.15) is 0 Å². The van der Waals surface area contributed by atoms with E-state index in [1.54, 1.807) is 0 Å². The molecule has 1 rings (SSSR count). The van der Waals surface area contributed by atoms with Crippen LogP contribution < -0.4 is 5.11 Å². The zero-order valence-corrected chi connectivity index (χ0v) is 12.7. The van der Waals surface area contributed by atoms with E-state index in [2.05, 4.69) is 0 Å². The molecule has 70 valence electrons. The Hall–Kier alpha value is 1.04. The van der Waals surface area contributed by atoms with E-state index in [0.29, 0.717) is 0 Å². The molecule has 13 heavy (non-hydrogen) atoms. The van der Waals surface area contributed by atoms with Gasteiger partial charge in [-0.3, -0.25) is 0 Å². The zero-order valence-electron chi connectivity index (χ0n) is 8.26. The van der Waals surface area contributed by atoms with Gasteiger partial charge in [0, 0.05) is 5.97 Å². The van der Waals surface area contributed by atoms with Gasteiger partial charge in [0.25, 0.3) is 0 Å². The molecule has 0 bridgehead atoms. The van der Waals surface area contributed by atoms with Crippen molar-refractivity contribution in [2.24, 2.45) is 5.92 Å². The summed E-state index contributed by atoms with van der Waals surface area (Å²) in [5.41, 5.74) is 0. The van der Waals surface area contributed by atoms with Gasteiger partial charge in [0.15, 0.2) is 0 Å². The molecular formula is C10H17BaO2+. The quantitative estimate of drug-likeness (QED) is 0.730. The molecule has 0 aromatic heterocycles. The summed E-state index contributed by atoms with van der Waals surface area (Å²) in [5.74, 6) is -0.0936. The van der Waals surface area contributed by atoms with E-state index in [1.165, 1.54) is 32.1 Å². The van der Waals surface area contributed by atoms with E-state index in [9.17, 15) is 9.90 Å². The fraction of sp³-hybridized carbons (Fsp3) is 0.900. The van der Waals surface area contributed by atoms with E-state index in [1.807, 2.05) is 0 Å². The van der Waals surface area contributed by atoms with Crippen molar-refractivity contribution in [1.29, 1.82) is 0 Å². The Balaban J connectivity index is 0.00000144. The van der Waals surface area contributed by atoms with Crippen LogP contribution in [0.15, 0.2) is 0 Å². The second kappa shape index (κ2) is 8.36. The number of carbonyl (C=O) groups is 1. The smallest absolute Gasteiger partial charge is 0.550 e. The van der Waals surface area contributed by atoms with Gasteiger partial charge in [-0.25, -0.2) is 0 Å². The normalized spacial score (nSPS) is 17.8. The van der Waals surface area contributed by atoms with Crippen LogP contribution in [-0.4, -0.2) is 54.9 Å². The van der Waals surface area contributed by atoms with Gasteiger partial charge in [0.05, 0.1) is 0 Å². The zero-order chi connectivity index (χ0) is 8.81. The molecule has 1 fully saturated rings. The van der Waals surface area contributed by atoms with Crippen LogP contribution in [0, 0.1) is 5.92 Å². The largest absolute Gasteiger partial charge is 2.00 e. The van der Waals surface area contributed by atoms with Crippen molar-refractivity contribution in [2.45, 2.75) is 51.4 Å². The minimum atomic E-state index is -0.897. The second-order valence-electron chi connectivity index (χ2n) is 3.77. The number of hydrogen-bond acceptors (Lipinski definition) is 2. The molecule has 0 radical (unpaired) electrons. The van der Waals surface area contributed by atoms with Crippen molar-refractivity contribution in [2.75, 3.05) is 0 Å². The fourth-order valence-electron chi connectivity index (χ4n) is 2.01. The van der Waals surface area contributed by atoms with Gasteiger partial charge in [0.2, 0.25) is 0 Å². The van der Waals surface area contributed by atoms with Crippen molar-refractivity contribution in [3.05, 3.63) is 0 Å². The Morgan fingerprint density at radius 2 is 1.85 bits per heavy atom. The predicted molar refractivity (Wildman–Crippen MR) is 51.2 cm³/mol. The van der Waals surface area contributed by atoms with Crippen molar-refractivity contribution in [1.82, 2.24) is 0 Å². The monoisotopic (exact) mass is 307 g/mol. The molecule has 1 saturated carbocycles. The Morgan fingerprint density at radius 3 is 2.38 bits per heavy atom. The molecule has 0 saturated heterocycles. The maximum Gasteiger partial charge on any atom is 2.00 e. The summed E-state index contributed by atoms with van der Waals surface area (Å²) in [4.78, 5) is 10.1. The molecule has 0 aromatic rings. The first-order chi connectivity index (χ1) is 5.79. The van der Waals surface area contributed by atoms with Crippen molar-refractivity contribution < 1.29 is 9.90 Å². The minimum absolute atomic E-state index is 0. The van der Waals surface area contributed by atoms with E-state index < -0.39 is 5.97 Å². The topological polar surface area (TPSA) is 40.1 Å². The van der Waals surface area contributed by atoms with Crippen LogP contribution in [-0.2, 0) is 4.79 Å². The van der Waals surface area contributed by atoms with E-state index in [4.69, 9.17) is 0 Å². The molecule has 0 spiro atoms. The summed E-state index contributed by atoms with van der Waals surface area (Å²) >= 11 is 0. The molecule has 3 heteroatoms. The second-order valence-corrected chi connectivity index (χ2v) is 3.77. The van der Waals surface area contributed by atoms with Crippen LogP contribution in [0.5, 0.6) is 0 Å². The van der Waals surface area contributed by atoms with Gasteiger partial charge in [-0.15, -0.1) is 0 Å². The van der Waals surface area contributed by atoms with Crippen molar-refractivity contribution in [3.63, 3.8) is 0 Å². The van der Waals surface area contributed by atoms with Crippen LogP contribution in [0.25, 0.3) is 0 Å². The van der Waals surface area contributed by atoms with Gasteiger partial charge in [-0.05, 0) is 18.8 Å². The first-order valence-electron chi connectivity index (χ1n) is 4.99. The summed E-state index contributed by atoms with van der Waals surface area (Å²) in [5, 5.41) is 10.1. The number of hydrogen-bond donors (Lipinski definition) is 0. The van der Waals surface area contributed by atoms with Gasteiger partial charge in [-0.1, -0.05) is 38.5 Å². The molecule has 1 aliphatic rings. The van der Waals surface area contributed by atoms with Crippen LogP contribution in [0.3, 0.4) is 0 Å². The molecule has 0 N–H and O–H groups in total. The predicted octanol–water partition coefficient (Wildman–Crippen LogP) is 1.11. The van der Waals surface area contributed by atoms with Crippen molar-refractivity contribution in [3.8, 4) is 0 Å². The molecule has 0 unspecified atom stereocenters. The first-order valence-corrected chi connectivity index (χ1v) is 4.99. The number of aliphatic carboxylic acids is 1. The minimum Gasteiger partial charge on any atom is -0.550 e. The Kier molecular flexibility index (Phi) is 9.03. The van der Waals surface area contributed by atoms with Gasteiger partial charge in [-0.2, -0.15) is 0 Å². The van der Waals surface area contributed by atoms with Crippen LogP contribution >= 0.6 is 0 Å². The molecule has 0 atom stereocenters. The molecule has 1 aliphatic carbocycles. The number of carboxylic acid groups (broad SMARTS) is 1. The van der Waals surface area contributed by atoms with E-state index in [0.717, 1.165) is 18.8 Å². The summed E-state index contributed by atoms with van der Waals surface area (Å²) in [6, 6.07) is 0. The molecule has 0 aliphatic heterocycles. The molecule has 2 nitrogen and oxygen atoms in total. The Morgan fingerprint density at radius 1 is 1.23 bits per heavy atom. The number of rotatable bonds is 4. The average Bonchev–Trinajstić information content (AvgIpc) is 2.05. The SMILES string of the molecule is O=C([O-])CCCC1CCCCC1.[Ba+2]. The number of carbonyl (C=O) groups excluding carboxylic acids is 1. The summed E-state index contributed by atoms with van der Waals surface area (Å²) < 4.78 is 0. The maximum absolute atomic E-state index is 10.1. The third-order valence-electron chi connectivity index (χ3n) is 2.72. The van der Waals surface area contributed by atoms with E-state index in [-0.39, 0.29) is 55.3 Å². The van der Waals surface area contributed by atoms with Crippen LogP contribution in [0.4, 0.5) is 0 Å². The third kappa shape index (κ3) is 7.03. The van der Waals surface area contributed by atoms with Crippen LogP contribution in [0.1, 0.15) is 51.4 Å². The Labute approximate surface area is 121 Å². The Bertz CT molecular complexity index is 142. The fourth-order valence-corrected chi connectivity index (χ4v) is 2.01. The van der Waals surface area contributed by atoms with Gasteiger partial charge < -0.3 is 9.90 Å².